The number of ether oxygens (including phenoxy) is 2. The molecule has 2 aliphatic heterocycles. The second-order valence-corrected chi connectivity index (χ2v) is 4.85. The molecule has 0 saturated carbocycles. The van der Waals surface area contributed by atoms with Gasteiger partial charge in [0.1, 0.15) is 5.75 Å². The third-order valence-corrected chi connectivity index (χ3v) is 3.77. The SMILES string of the molecule is N#CCCC1(c2ccc3c(c2)CCO3)COC1. The zero-order chi connectivity index (χ0) is 11.7. The van der Waals surface area contributed by atoms with Gasteiger partial charge in [0, 0.05) is 18.3 Å². The number of nitriles is 1. The van der Waals surface area contributed by atoms with Crippen molar-refractivity contribution in [2.45, 2.75) is 24.7 Å². The highest BCUT2D eigenvalue weighted by molar-refractivity contribution is 5.43. The molecule has 3 heteroatoms. The third-order valence-electron chi connectivity index (χ3n) is 3.77. The first-order valence-electron chi connectivity index (χ1n) is 6.05. The van der Waals surface area contributed by atoms with Crippen LogP contribution in [0.25, 0.3) is 0 Å². The van der Waals surface area contributed by atoms with Crippen LogP contribution in [0.2, 0.25) is 0 Å². The Kier molecular flexibility index (Phi) is 2.53. The second-order valence-electron chi connectivity index (χ2n) is 4.85. The summed E-state index contributed by atoms with van der Waals surface area (Å²) >= 11 is 0. The molecule has 3 rings (SSSR count). The molecule has 0 aromatic heterocycles. The van der Waals surface area contributed by atoms with Crippen molar-refractivity contribution in [3.63, 3.8) is 0 Å². The molecule has 1 aromatic carbocycles. The Balaban J connectivity index is 1.89. The van der Waals surface area contributed by atoms with Crippen LogP contribution in [-0.2, 0) is 16.6 Å². The molecule has 17 heavy (non-hydrogen) atoms. The fourth-order valence-corrected chi connectivity index (χ4v) is 2.62. The summed E-state index contributed by atoms with van der Waals surface area (Å²) in [7, 11) is 0. The molecule has 0 amide bonds. The van der Waals surface area contributed by atoms with E-state index in [1.54, 1.807) is 0 Å². The molecule has 0 unspecified atom stereocenters. The van der Waals surface area contributed by atoms with Crippen LogP contribution in [0.3, 0.4) is 0 Å². The van der Waals surface area contributed by atoms with Crippen LogP contribution in [0.5, 0.6) is 5.75 Å². The van der Waals surface area contributed by atoms with E-state index in [0.717, 1.165) is 38.4 Å². The van der Waals surface area contributed by atoms with Gasteiger partial charge in [0.15, 0.2) is 0 Å². The standard InChI is InChI=1S/C14H15NO2/c15-6-1-5-14(9-16-10-14)12-2-3-13-11(8-12)4-7-17-13/h2-3,8H,1,4-5,7,9-10H2. The molecular formula is C14H15NO2. The minimum atomic E-state index is 0.0767. The molecule has 1 aromatic rings. The van der Waals surface area contributed by atoms with Gasteiger partial charge in [-0.2, -0.15) is 5.26 Å². The summed E-state index contributed by atoms with van der Waals surface area (Å²) in [5, 5.41) is 8.74. The largest absolute Gasteiger partial charge is 0.493 e. The summed E-state index contributed by atoms with van der Waals surface area (Å²) in [6, 6.07) is 8.66. The summed E-state index contributed by atoms with van der Waals surface area (Å²) < 4.78 is 10.9. The monoisotopic (exact) mass is 229 g/mol. The fourth-order valence-electron chi connectivity index (χ4n) is 2.62. The molecule has 0 atom stereocenters. The van der Waals surface area contributed by atoms with E-state index < -0.39 is 0 Å². The van der Waals surface area contributed by atoms with Gasteiger partial charge < -0.3 is 9.47 Å². The molecule has 1 saturated heterocycles. The maximum atomic E-state index is 8.74. The molecule has 0 N–H and O–H groups in total. The van der Waals surface area contributed by atoms with Crippen LogP contribution >= 0.6 is 0 Å². The van der Waals surface area contributed by atoms with Gasteiger partial charge in [-0.1, -0.05) is 12.1 Å². The van der Waals surface area contributed by atoms with Crippen molar-refractivity contribution in [2.75, 3.05) is 19.8 Å². The zero-order valence-corrected chi connectivity index (χ0v) is 9.74. The zero-order valence-electron chi connectivity index (χ0n) is 9.74. The van der Waals surface area contributed by atoms with Crippen molar-refractivity contribution < 1.29 is 9.47 Å². The number of hydrogen-bond donors (Lipinski definition) is 0. The predicted molar refractivity (Wildman–Crippen MR) is 63.0 cm³/mol. The van der Waals surface area contributed by atoms with Crippen molar-refractivity contribution >= 4 is 0 Å². The summed E-state index contributed by atoms with van der Waals surface area (Å²) in [5.74, 6) is 1.02. The number of nitrogens with zero attached hydrogens (tertiary/aromatic N) is 1. The van der Waals surface area contributed by atoms with E-state index in [4.69, 9.17) is 14.7 Å². The van der Waals surface area contributed by atoms with Crippen LogP contribution in [0.1, 0.15) is 24.0 Å². The molecule has 3 nitrogen and oxygen atoms in total. The molecule has 2 aliphatic rings. The Hall–Kier alpha value is -1.53. The highest BCUT2D eigenvalue weighted by atomic mass is 16.5. The Morgan fingerprint density at radius 1 is 1.35 bits per heavy atom. The fraction of sp³-hybridized carbons (Fsp3) is 0.500. The van der Waals surface area contributed by atoms with E-state index in [1.165, 1.54) is 11.1 Å². The summed E-state index contributed by atoms with van der Waals surface area (Å²) in [5.41, 5.74) is 2.68. The molecular weight excluding hydrogens is 214 g/mol. The lowest BCUT2D eigenvalue weighted by Gasteiger charge is -2.42. The lowest BCUT2D eigenvalue weighted by molar-refractivity contribution is -0.0637. The van der Waals surface area contributed by atoms with Crippen molar-refractivity contribution in [3.05, 3.63) is 29.3 Å². The quantitative estimate of drug-likeness (QED) is 0.798. The van der Waals surface area contributed by atoms with E-state index in [1.807, 2.05) is 0 Å². The average Bonchev–Trinajstić information content (AvgIpc) is 2.75. The highest BCUT2D eigenvalue weighted by Gasteiger charge is 2.40. The predicted octanol–water partition coefficient (Wildman–Crippen LogP) is 2.19. The molecule has 0 bridgehead atoms. The van der Waals surface area contributed by atoms with Crippen molar-refractivity contribution in [3.8, 4) is 11.8 Å². The Morgan fingerprint density at radius 2 is 2.24 bits per heavy atom. The van der Waals surface area contributed by atoms with Gasteiger partial charge in [-0.05, 0) is 23.6 Å². The van der Waals surface area contributed by atoms with Crippen LogP contribution in [0.4, 0.5) is 0 Å². The molecule has 0 aliphatic carbocycles. The van der Waals surface area contributed by atoms with Gasteiger partial charge in [-0.15, -0.1) is 0 Å². The molecule has 0 spiro atoms. The minimum Gasteiger partial charge on any atom is -0.493 e. The van der Waals surface area contributed by atoms with Gasteiger partial charge in [-0.25, -0.2) is 0 Å². The van der Waals surface area contributed by atoms with E-state index in [-0.39, 0.29) is 5.41 Å². The number of fused-ring (bicyclic) bond motifs is 1. The Labute approximate surface area is 101 Å². The maximum Gasteiger partial charge on any atom is 0.122 e. The van der Waals surface area contributed by atoms with Crippen LogP contribution in [0, 0.1) is 11.3 Å². The Bertz CT molecular complexity index is 472. The maximum absolute atomic E-state index is 8.74. The lowest BCUT2D eigenvalue weighted by atomic mass is 9.74. The van der Waals surface area contributed by atoms with Crippen LogP contribution in [-0.4, -0.2) is 19.8 Å². The molecule has 0 radical (unpaired) electrons. The Morgan fingerprint density at radius 3 is 2.94 bits per heavy atom. The van der Waals surface area contributed by atoms with Crippen molar-refractivity contribution in [2.24, 2.45) is 0 Å². The van der Waals surface area contributed by atoms with E-state index >= 15 is 0 Å². The van der Waals surface area contributed by atoms with E-state index in [2.05, 4.69) is 24.3 Å². The van der Waals surface area contributed by atoms with E-state index in [0.29, 0.717) is 6.42 Å². The molecule has 2 heterocycles. The third kappa shape index (κ3) is 1.69. The van der Waals surface area contributed by atoms with Gasteiger partial charge in [0.05, 0.1) is 25.9 Å². The summed E-state index contributed by atoms with van der Waals surface area (Å²) in [6.45, 7) is 2.28. The van der Waals surface area contributed by atoms with Crippen LogP contribution < -0.4 is 4.74 Å². The minimum absolute atomic E-state index is 0.0767. The topological polar surface area (TPSA) is 42.2 Å². The smallest absolute Gasteiger partial charge is 0.122 e. The summed E-state index contributed by atoms with van der Waals surface area (Å²) in [6.07, 6.45) is 2.48. The number of hydrogen-bond acceptors (Lipinski definition) is 3. The normalized spacial score (nSPS) is 19.9. The van der Waals surface area contributed by atoms with Gasteiger partial charge >= 0.3 is 0 Å². The second kappa shape index (κ2) is 4.05. The molecule has 88 valence electrons. The van der Waals surface area contributed by atoms with Gasteiger partial charge in [0.2, 0.25) is 0 Å². The van der Waals surface area contributed by atoms with Crippen LogP contribution in [0.15, 0.2) is 18.2 Å². The number of benzene rings is 1. The first kappa shape index (κ1) is 10.6. The average molecular weight is 229 g/mol. The molecule has 1 fully saturated rings. The summed E-state index contributed by atoms with van der Waals surface area (Å²) in [4.78, 5) is 0. The lowest BCUT2D eigenvalue weighted by Crippen LogP contribution is -2.46. The highest BCUT2D eigenvalue weighted by Crippen LogP contribution is 2.39. The van der Waals surface area contributed by atoms with Crippen molar-refractivity contribution in [1.82, 2.24) is 0 Å². The number of rotatable bonds is 3. The first-order valence-corrected chi connectivity index (χ1v) is 6.05. The van der Waals surface area contributed by atoms with Gasteiger partial charge in [-0.3, -0.25) is 0 Å². The first-order chi connectivity index (χ1) is 8.34. The van der Waals surface area contributed by atoms with Crippen molar-refractivity contribution in [1.29, 1.82) is 5.26 Å². The van der Waals surface area contributed by atoms with Gasteiger partial charge in [0.25, 0.3) is 0 Å². The van der Waals surface area contributed by atoms with E-state index in [9.17, 15) is 0 Å².